The SMILES string of the molecule is O=C(ON1C(=O)CCC1=O)C1CCN(C(=S)S)CC1. The second-order valence-corrected chi connectivity index (χ2v) is 5.65. The first-order valence-electron chi connectivity index (χ1n) is 6.04. The molecule has 6 nitrogen and oxygen atoms in total. The van der Waals surface area contributed by atoms with Crippen molar-refractivity contribution < 1.29 is 19.2 Å². The van der Waals surface area contributed by atoms with Crippen LogP contribution in [0.1, 0.15) is 25.7 Å². The van der Waals surface area contributed by atoms with Crippen LogP contribution in [0, 0.1) is 5.92 Å². The quantitative estimate of drug-likeness (QED) is 0.456. The van der Waals surface area contributed by atoms with Crippen LogP contribution < -0.4 is 0 Å². The maximum absolute atomic E-state index is 11.9. The molecule has 0 unspecified atom stereocenters. The van der Waals surface area contributed by atoms with Gasteiger partial charge in [-0.2, -0.15) is 0 Å². The monoisotopic (exact) mass is 302 g/mol. The van der Waals surface area contributed by atoms with Crippen molar-refractivity contribution in [2.75, 3.05) is 13.1 Å². The van der Waals surface area contributed by atoms with Crippen molar-refractivity contribution in [3.63, 3.8) is 0 Å². The van der Waals surface area contributed by atoms with E-state index in [1.165, 1.54) is 0 Å². The molecule has 0 aromatic carbocycles. The van der Waals surface area contributed by atoms with Crippen LogP contribution in [0.3, 0.4) is 0 Å². The van der Waals surface area contributed by atoms with Crippen LogP contribution in [0.2, 0.25) is 0 Å². The molecule has 0 atom stereocenters. The lowest BCUT2D eigenvalue weighted by Gasteiger charge is -2.31. The Balaban J connectivity index is 1.86. The average molecular weight is 302 g/mol. The molecule has 0 radical (unpaired) electrons. The Morgan fingerprint density at radius 3 is 2.21 bits per heavy atom. The first-order valence-corrected chi connectivity index (χ1v) is 6.90. The summed E-state index contributed by atoms with van der Waals surface area (Å²) in [7, 11) is 0. The van der Waals surface area contributed by atoms with Gasteiger partial charge in [0.05, 0.1) is 5.92 Å². The van der Waals surface area contributed by atoms with E-state index in [2.05, 4.69) is 12.6 Å². The van der Waals surface area contributed by atoms with Gasteiger partial charge in [0.1, 0.15) is 4.32 Å². The summed E-state index contributed by atoms with van der Waals surface area (Å²) in [6, 6.07) is 0. The van der Waals surface area contributed by atoms with Gasteiger partial charge in [-0.3, -0.25) is 9.59 Å². The Morgan fingerprint density at radius 1 is 1.21 bits per heavy atom. The summed E-state index contributed by atoms with van der Waals surface area (Å²) in [5.41, 5.74) is 0. The number of carbonyl (C=O) groups excluding carboxylic acids is 3. The molecule has 0 spiro atoms. The highest BCUT2D eigenvalue weighted by atomic mass is 32.1. The summed E-state index contributed by atoms with van der Waals surface area (Å²) >= 11 is 9.03. The van der Waals surface area contributed by atoms with Crippen LogP contribution in [0.5, 0.6) is 0 Å². The number of carbonyl (C=O) groups is 3. The molecule has 2 aliphatic heterocycles. The minimum Gasteiger partial charge on any atom is -0.358 e. The normalized spacial score (nSPS) is 20.9. The number of nitrogens with zero attached hydrogens (tertiary/aromatic N) is 2. The van der Waals surface area contributed by atoms with Crippen molar-refractivity contribution >= 4 is 47.0 Å². The molecule has 2 saturated heterocycles. The predicted octanol–water partition coefficient (Wildman–Crippen LogP) is 0.520. The van der Waals surface area contributed by atoms with Crippen LogP contribution in [-0.4, -0.2) is 45.2 Å². The summed E-state index contributed by atoms with van der Waals surface area (Å²) in [4.78, 5) is 41.3. The largest absolute Gasteiger partial charge is 0.358 e. The smallest absolute Gasteiger partial charge is 0.336 e. The summed E-state index contributed by atoms with van der Waals surface area (Å²) in [6.07, 6.45) is 1.38. The van der Waals surface area contributed by atoms with Crippen LogP contribution >= 0.6 is 24.8 Å². The van der Waals surface area contributed by atoms with Crippen molar-refractivity contribution in [2.24, 2.45) is 5.92 Å². The van der Waals surface area contributed by atoms with Gasteiger partial charge in [-0.15, -0.1) is 17.7 Å². The van der Waals surface area contributed by atoms with Crippen LogP contribution in [0.15, 0.2) is 0 Å². The molecule has 8 heteroatoms. The molecule has 0 aromatic rings. The number of hydroxylamine groups is 2. The molecule has 0 bridgehead atoms. The van der Waals surface area contributed by atoms with Crippen molar-refractivity contribution in [3.05, 3.63) is 0 Å². The summed E-state index contributed by atoms with van der Waals surface area (Å²) in [6.45, 7) is 1.26. The summed E-state index contributed by atoms with van der Waals surface area (Å²) in [5.74, 6) is -1.73. The Labute approximate surface area is 121 Å². The second-order valence-electron chi connectivity index (χ2n) is 4.54. The zero-order valence-electron chi connectivity index (χ0n) is 10.2. The highest BCUT2D eigenvalue weighted by Crippen LogP contribution is 2.21. The van der Waals surface area contributed by atoms with E-state index in [4.69, 9.17) is 17.1 Å². The first kappa shape index (κ1) is 14.3. The topological polar surface area (TPSA) is 66.9 Å². The highest BCUT2D eigenvalue weighted by Gasteiger charge is 2.35. The van der Waals surface area contributed by atoms with E-state index >= 15 is 0 Å². The number of piperidine rings is 1. The van der Waals surface area contributed by atoms with Gasteiger partial charge in [-0.25, -0.2) is 4.79 Å². The van der Waals surface area contributed by atoms with Gasteiger partial charge in [0.15, 0.2) is 0 Å². The Bertz CT molecular complexity index is 416. The van der Waals surface area contributed by atoms with Gasteiger partial charge in [0.2, 0.25) is 0 Å². The number of thiol groups is 1. The van der Waals surface area contributed by atoms with Gasteiger partial charge in [-0.1, -0.05) is 12.2 Å². The number of likely N-dealkylation sites (tertiary alicyclic amines) is 1. The number of thiocarbonyl (C=S) groups is 1. The number of amides is 2. The molecule has 0 aliphatic carbocycles. The van der Waals surface area contributed by atoms with Crippen molar-refractivity contribution in [1.82, 2.24) is 9.96 Å². The maximum atomic E-state index is 11.9. The van der Waals surface area contributed by atoms with Crippen LogP contribution in [0.4, 0.5) is 0 Å². The molecule has 2 amide bonds. The zero-order valence-corrected chi connectivity index (χ0v) is 11.9. The van der Waals surface area contributed by atoms with Gasteiger partial charge in [0.25, 0.3) is 11.8 Å². The fourth-order valence-corrected chi connectivity index (χ4v) is 2.51. The lowest BCUT2D eigenvalue weighted by Crippen LogP contribution is -2.41. The van der Waals surface area contributed by atoms with Gasteiger partial charge in [0, 0.05) is 25.9 Å². The minimum absolute atomic E-state index is 0.110. The third-order valence-electron chi connectivity index (χ3n) is 3.29. The highest BCUT2D eigenvalue weighted by molar-refractivity contribution is 8.10. The molecule has 2 fully saturated rings. The molecule has 2 aliphatic rings. The standard InChI is InChI=1S/C11H14N2O4S2/c14-8-1-2-9(15)13(8)17-10(16)7-3-5-12(6-4-7)11(18)19/h7H,1-6H2,(H,18,19). The van der Waals surface area contributed by atoms with E-state index in [-0.39, 0.29) is 18.8 Å². The van der Waals surface area contributed by atoms with Gasteiger partial charge < -0.3 is 9.74 Å². The minimum atomic E-state index is -0.520. The molecule has 0 saturated carbocycles. The van der Waals surface area contributed by atoms with E-state index in [9.17, 15) is 14.4 Å². The molecule has 104 valence electrons. The molecular formula is C11H14N2O4S2. The Hall–Kier alpha value is -1.15. The number of imide groups is 1. The van der Waals surface area contributed by atoms with E-state index in [0.29, 0.717) is 35.3 Å². The zero-order chi connectivity index (χ0) is 14.0. The number of hydrogen-bond acceptors (Lipinski definition) is 5. The molecule has 19 heavy (non-hydrogen) atoms. The lowest BCUT2D eigenvalue weighted by atomic mass is 9.98. The fourth-order valence-electron chi connectivity index (χ4n) is 2.13. The van der Waals surface area contributed by atoms with Crippen molar-refractivity contribution in [2.45, 2.75) is 25.7 Å². The van der Waals surface area contributed by atoms with Crippen molar-refractivity contribution in [3.8, 4) is 0 Å². The molecule has 2 rings (SSSR count). The first-order chi connectivity index (χ1) is 8.99. The van der Waals surface area contributed by atoms with Gasteiger partial charge >= 0.3 is 5.97 Å². The molecule has 0 N–H and O–H groups in total. The number of hydrogen-bond donors (Lipinski definition) is 1. The van der Waals surface area contributed by atoms with Crippen LogP contribution in [-0.2, 0) is 19.2 Å². The molecular weight excluding hydrogens is 288 g/mol. The Morgan fingerprint density at radius 2 is 1.74 bits per heavy atom. The lowest BCUT2D eigenvalue weighted by molar-refractivity contribution is -0.201. The van der Waals surface area contributed by atoms with E-state index in [1.807, 2.05) is 4.90 Å². The number of rotatable bonds is 2. The van der Waals surface area contributed by atoms with E-state index < -0.39 is 17.8 Å². The fraction of sp³-hybridized carbons (Fsp3) is 0.636. The predicted molar refractivity (Wildman–Crippen MR) is 73.1 cm³/mol. The van der Waals surface area contributed by atoms with E-state index in [1.54, 1.807) is 0 Å². The average Bonchev–Trinajstić information content (AvgIpc) is 2.70. The van der Waals surface area contributed by atoms with Crippen molar-refractivity contribution in [1.29, 1.82) is 0 Å². The summed E-state index contributed by atoms with van der Waals surface area (Å²) in [5, 5.41) is 0.595. The van der Waals surface area contributed by atoms with E-state index in [0.717, 1.165) is 0 Å². The maximum Gasteiger partial charge on any atom is 0.336 e. The third-order valence-corrected chi connectivity index (χ3v) is 3.83. The Kier molecular flexibility index (Phi) is 4.41. The van der Waals surface area contributed by atoms with Crippen LogP contribution in [0.25, 0.3) is 0 Å². The van der Waals surface area contributed by atoms with Gasteiger partial charge in [-0.05, 0) is 12.8 Å². The molecule has 0 aromatic heterocycles. The molecule has 2 heterocycles. The third kappa shape index (κ3) is 3.24. The summed E-state index contributed by atoms with van der Waals surface area (Å²) < 4.78 is 0.511. The second kappa shape index (κ2) is 5.87.